The molecule has 0 saturated carbocycles. The minimum absolute atomic E-state index is 0.119. The van der Waals surface area contributed by atoms with Crippen molar-refractivity contribution >= 4 is 17.6 Å². The normalized spacial score (nSPS) is 10.1. The van der Waals surface area contributed by atoms with E-state index in [1.165, 1.54) is 14.2 Å². The third-order valence-electron chi connectivity index (χ3n) is 4.06. The summed E-state index contributed by atoms with van der Waals surface area (Å²) in [5.74, 6) is 0.626. The van der Waals surface area contributed by atoms with Crippen LogP contribution in [0.25, 0.3) is 0 Å². The lowest BCUT2D eigenvalue weighted by Crippen LogP contribution is -2.21. The first-order valence-electron chi connectivity index (χ1n) is 9.11. The van der Waals surface area contributed by atoms with Gasteiger partial charge in [0, 0.05) is 11.8 Å². The molecule has 0 heterocycles. The number of anilines is 1. The van der Waals surface area contributed by atoms with Crippen molar-refractivity contribution in [3.8, 4) is 23.0 Å². The van der Waals surface area contributed by atoms with Crippen molar-refractivity contribution in [2.75, 3.05) is 26.1 Å². The molecule has 0 radical (unpaired) electrons. The molecular formula is C23H21NO6. The summed E-state index contributed by atoms with van der Waals surface area (Å²) in [7, 11) is 2.87. The standard InChI is InChI=1S/C23H21NO6/c1-27-19-12-7-13-20(28-2)22(19)23(26)29-15-21(25)24-16-8-6-11-18(14-16)30-17-9-4-3-5-10-17/h3-14H,15H2,1-2H3,(H,24,25). The summed E-state index contributed by atoms with van der Waals surface area (Å²) in [5, 5.41) is 2.67. The van der Waals surface area contributed by atoms with E-state index in [1.54, 1.807) is 42.5 Å². The van der Waals surface area contributed by atoms with Crippen LogP contribution in [0.2, 0.25) is 0 Å². The largest absolute Gasteiger partial charge is 0.496 e. The molecule has 0 aliphatic rings. The number of amides is 1. The summed E-state index contributed by atoms with van der Waals surface area (Å²) in [4.78, 5) is 24.7. The van der Waals surface area contributed by atoms with Crippen LogP contribution >= 0.6 is 0 Å². The van der Waals surface area contributed by atoms with Gasteiger partial charge in [-0.15, -0.1) is 0 Å². The van der Waals surface area contributed by atoms with Crippen LogP contribution in [0.1, 0.15) is 10.4 Å². The van der Waals surface area contributed by atoms with E-state index in [1.807, 2.05) is 30.3 Å². The van der Waals surface area contributed by atoms with Gasteiger partial charge in [0.1, 0.15) is 28.6 Å². The summed E-state index contributed by atoms with van der Waals surface area (Å²) in [6.45, 7) is -0.468. The van der Waals surface area contributed by atoms with Crippen LogP contribution in [-0.4, -0.2) is 32.7 Å². The molecule has 3 rings (SSSR count). The SMILES string of the molecule is COc1cccc(OC)c1C(=O)OCC(=O)Nc1cccc(Oc2ccccc2)c1. The first kappa shape index (κ1) is 20.7. The van der Waals surface area contributed by atoms with E-state index >= 15 is 0 Å². The van der Waals surface area contributed by atoms with Gasteiger partial charge in [0.15, 0.2) is 6.61 Å². The van der Waals surface area contributed by atoms with E-state index in [0.717, 1.165) is 0 Å². The number of nitrogens with one attached hydrogen (secondary N) is 1. The van der Waals surface area contributed by atoms with Gasteiger partial charge in [-0.2, -0.15) is 0 Å². The Balaban J connectivity index is 1.60. The summed E-state index contributed by atoms with van der Waals surface area (Å²) >= 11 is 0. The van der Waals surface area contributed by atoms with Gasteiger partial charge in [-0.05, 0) is 36.4 Å². The molecule has 0 atom stereocenters. The van der Waals surface area contributed by atoms with E-state index in [0.29, 0.717) is 28.7 Å². The number of methoxy groups -OCH3 is 2. The third-order valence-corrected chi connectivity index (χ3v) is 4.06. The lowest BCUT2D eigenvalue weighted by atomic mass is 10.2. The van der Waals surface area contributed by atoms with Crippen LogP contribution in [0.3, 0.4) is 0 Å². The van der Waals surface area contributed by atoms with Crippen LogP contribution in [0, 0.1) is 0 Å². The Kier molecular flexibility index (Phi) is 6.89. The maximum Gasteiger partial charge on any atom is 0.346 e. The summed E-state index contributed by atoms with van der Waals surface area (Å²) < 4.78 is 21.2. The Morgan fingerprint density at radius 3 is 2.10 bits per heavy atom. The van der Waals surface area contributed by atoms with E-state index in [9.17, 15) is 9.59 Å². The second-order valence-corrected chi connectivity index (χ2v) is 6.10. The highest BCUT2D eigenvalue weighted by molar-refractivity contribution is 5.98. The summed E-state index contributed by atoms with van der Waals surface area (Å²) in [6.07, 6.45) is 0. The zero-order valence-electron chi connectivity index (χ0n) is 16.6. The Bertz CT molecular complexity index is 997. The number of hydrogen-bond acceptors (Lipinski definition) is 6. The quantitative estimate of drug-likeness (QED) is 0.561. The predicted molar refractivity (Wildman–Crippen MR) is 111 cm³/mol. The summed E-state index contributed by atoms with van der Waals surface area (Å²) in [5.41, 5.74) is 0.632. The van der Waals surface area contributed by atoms with Crippen molar-refractivity contribution in [3.63, 3.8) is 0 Å². The van der Waals surface area contributed by atoms with Gasteiger partial charge < -0.3 is 24.3 Å². The minimum atomic E-state index is -0.722. The fourth-order valence-corrected chi connectivity index (χ4v) is 2.71. The van der Waals surface area contributed by atoms with Gasteiger partial charge in [-0.1, -0.05) is 30.3 Å². The van der Waals surface area contributed by atoms with Crippen LogP contribution in [0.5, 0.6) is 23.0 Å². The molecule has 1 N–H and O–H groups in total. The second-order valence-electron chi connectivity index (χ2n) is 6.10. The van der Waals surface area contributed by atoms with Crippen molar-refractivity contribution in [1.29, 1.82) is 0 Å². The second kappa shape index (κ2) is 9.97. The van der Waals surface area contributed by atoms with Crippen LogP contribution < -0.4 is 19.5 Å². The van der Waals surface area contributed by atoms with Gasteiger partial charge >= 0.3 is 5.97 Å². The minimum Gasteiger partial charge on any atom is -0.496 e. The average Bonchev–Trinajstić information content (AvgIpc) is 2.77. The molecule has 1 amide bonds. The van der Waals surface area contributed by atoms with Crippen LogP contribution in [-0.2, 0) is 9.53 Å². The smallest absolute Gasteiger partial charge is 0.346 e. The zero-order chi connectivity index (χ0) is 21.3. The average molecular weight is 407 g/mol. The van der Waals surface area contributed by atoms with Gasteiger partial charge in [0.05, 0.1) is 14.2 Å². The van der Waals surface area contributed by atoms with Crippen molar-refractivity contribution in [2.24, 2.45) is 0 Å². The van der Waals surface area contributed by atoms with Gasteiger partial charge in [0.25, 0.3) is 5.91 Å². The molecular weight excluding hydrogens is 386 g/mol. The topological polar surface area (TPSA) is 83.1 Å². The van der Waals surface area contributed by atoms with Crippen molar-refractivity contribution in [1.82, 2.24) is 0 Å². The van der Waals surface area contributed by atoms with E-state index in [2.05, 4.69) is 5.32 Å². The van der Waals surface area contributed by atoms with E-state index in [-0.39, 0.29) is 5.56 Å². The summed E-state index contributed by atoms with van der Waals surface area (Å²) in [6, 6.07) is 21.1. The van der Waals surface area contributed by atoms with Crippen LogP contribution in [0.15, 0.2) is 72.8 Å². The third kappa shape index (κ3) is 5.29. The number of hydrogen-bond donors (Lipinski definition) is 1. The number of para-hydroxylation sites is 1. The van der Waals surface area contributed by atoms with Gasteiger partial charge in [0.2, 0.25) is 0 Å². The van der Waals surface area contributed by atoms with E-state index in [4.69, 9.17) is 18.9 Å². The molecule has 0 saturated heterocycles. The number of rotatable bonds is 8. The van der Waals surface area contributed by atoms with Gasteiger partial charge in [-0.3, -0.25) is 4.79 Å². The molecule has 30 heavy (non-hydrogen) atoms. The van der Waals surface area contributed by atoms with Crippen LogP contribution in [0.4, 0.5) is 5.69 Å². The molecule has 0 spiro atoms. The molecule has 0 fully saturated rings. The Hall–Kier alpha value is -4.00. The maximum absolute atomic E-state index is 12.4. The number of ether oxygens (including phenoxy) is 4. The molecule has 154 valence electrons. The highest BCUT2D eigenvalue weighted by Crippen LogP contribution is 2.29. The fourth-order valence-electron chi connectivity index (χ4n) is 2.71. The highest BCUT2D eigenvalue weighted by atomic mass is 16.5. The fraction of sp³-hybridized carbons (Fsp3) is 0.130. The zero-order valence-corrected chi connectivity index (χ0v) is 16.6. The maximum atomic E-state index is 12.4. The molecule has 0 aliphatic heterocycles. The van der Waals surface area contributed by atoms with E-state index < -0.39 is 18.5 Å². The Morgan fingerprint density at radius 2 is 1.43 bits per heavy atom. The molecule has 3 aromatic carbocycles. The number of esters is 1. The monoisotopic (exact) mass is 407 g/mol. The molecule has 7 heteroatoms. The molecule has 0 unspecified atom stereocenters. The van der Waals surface area contributed by atoms with Crippen molar-refractivity contribution in [2.45, 2.75) is 0 Å². The highest BCUT2D eigenvalue weighted by Gasteiger charge is 2.20. The molecule has 0 bridgehead atoms. The number of carbonyl (C=O) groups is 2. The first-order valence-corrected chi connectivity index (χ1v) is 9.11. The first-order chi connectivity index (χ1) is 14.6. The lowest BCUT2D eigenvalue weighted by Gasteiger charge is -2.12. The number of benzene rings is 3. The predicted octanol–water partition coefficient (Wildman–Crippen LogP) is 4.29. The lowest BCUT2D eigenvalue weighted by molar-refractivity contribution is -0.119. The molecule has 0 aromatic heterocycles. The Labute approximate surface area is 174 Å². The van der Waals surface area contributed by atoms with Crippen molar-refractivity contribution in [3.05, 3.63) is 78.4 Å². The number of carbonyl (C=O) groups excluding carboxylic acids is 2. The molecule has 0 aliphatic carbocycles. The van der Waals surface area contributed by atoms with Crippen molar-refractivity contribution < 1.29 is 28.5 Å². The molecule has 7 nitrogen and oxygen atoms in total. The Morgan fingerprint density at radius 1 is 0.800 bits per heavy atom. The molecule has 3 aromatic rings. The van der Waals surface area contributed by atoms with Gasteiger partial charge in [-0.25, -0.2) is 4.79 Å².